The van der Waals surface area contributed by atoms with E-state index >= 15 is 0 Å². The lowest BCUT2D eigenvalue weighted by Gasteiger charge is -2.27. The SMILES string of the molecule is CCC(=O)Nc1cnn(C)c1C(=O)N1CCCCC1. The highest BCUT2D eigenvalue weighted by Crippen LogP contribution is 2.19. The molecule has 6 heteroatoms. The first-order valence-electron chi connectivity index (χ1n) is 6.74. The Hall–Kier alpha value is -1.85. The molecule has 0 aliphatic carbocycles. The van der Waals surface area contributed by atoms with Gasteiger partial charge in [0.1, 0.15) is 5.69 Å². The third kappa shape index (κ3) is 2.94. The number of carbonyl (C=O) groups is 2. The number of hydrogen-bond donors (Lipinski definition) is 1. The molecule has 2 amide bonds. The zero-order valence-electron chi connectivity index (χ0n) is 11.5. The van der Waals surface area contributed by atoms with Crippen LogP contribution in [0.25, 0.3) is 0 Å². The van der Waals surface area contributed by atoms with Crippen LogP contribution in [0.2, 0.25) is 0 Å². The number of amides is 2. The van der Waals surface area contributed by atoms with Crippen molar-refractivity contribution in [3.8, 4) is 0 Å². The van der Waals surface area contributed by atoms with Gasteiger partial charge in [-0.3, -0.25) is 14.3 Å². The van der Waals surface area contributed by atoms with E-state index in [0.29, 0.717) is 17.8 Å². The smallest absolute Gasteiger partial charge is 0.274 e. The van der Waals surface area contributed by atoms with Crippen LogP contribution in [-0.2, 0) is 11.8 Å². The molecule has 19 heavy (non-hydrogen) atoms. The van der Waals surface area contributed by atoms with Gasteiger partial charge in [-0.1, -0.05) is 6.92 Å². The first-order valence-corrected chi connectivity index (χ1v) is 6.74. The molecule has 1 saturated heterocycles. The van der Waals surface area contributed by atoms with Crippen molar-refractivity contribution in [2.45, 2.75) is 32.6 Å². The second-order valence-electron chi connectivity index (χ2n) is 4.79. The average Bonchev–Trinajstić information content (AvgIpc) is 2.79. The summed E-state index contributed by atoms with van der Waals surface area (Å²) >= 11 is 0. The second-order valence-corrected chi connectivity index (χ2v) is 4.79. The lowest BCUT2D eigenvalue weighted by molar-refractivity contribution is -0.115. The van der Waals surface area contributed by atoms with Gasteiger partial charge in [0, 0.05) is 26.6 Å². The zero-order chi connectivity index (χ0) is 13.8. The molecular weight excluding hydrogens is 244 g/mol. The van der Waals surface area contributed by atoms with Gasteiger partial charge >= 0.3 is 0 Å². The normalized spacial score (nSPS) is 15.4. The molecule has 1 aliphatic rings. The van der Waals surface area contributed by atoms with E-state index in [1.807, 2.05) is 4.90 Å². The lowest BCUT2D eigenvalue weighted by atomic mass is 10.1. The Kier molecular flexibility index (Phi) is 4.19. The fraction of sp³-hybridized carbons (Fsp3) is 0.615. The van der Waals surface area contributed by atoms with E-state index in [9.17, 15) is 9.59 Å². The molecule has 1 aromatic heterocycles. The molecule has 6 nitrogen and oxygen atoms in total. The summed E-state index contributed by atoms with van der Waals surface area (Å²) in [5, 5.41) is 6.81. The monoisotopic (exact) mass is 264 g/mol. The van der Waals surface area contributed by atoms with Crippen molar-refractivity contribution < 1.29 is 9.59 Å². The van der Waals surface area contributed by atoms with Crippen LogP contribution in [0.4, 0.5) is 5.69 Å². The number of rotatable bonds is 3. The summed E-state index contributed by atoms with van der Waals surface area (Å²) in [6.45, 7) is 3.34. The van der Waals surface area contributed by atoms with Crippen LogP contribution in [0.1, 0.15) is 43.1 Å². The molecule has 0 radical (unpaired) electrons. The molecule has 0 bridgehead atoms. The van der Waals surface area contributed by atoms with Crippen molar-refractivity contribution in [2.24, 2.45) is 7.05 Å². The average molecular weight is 264 g/mol. The van der Waals surface area contributed by atoms with Crippen molar-refractivity contribution in [1.82, 2.24) is 14.7 Å². The Labute approximate surface area is 112 Å². The topological polar surface area (TPSA) is 67.2 Å². The minimum atomic E-state index is -0.110. The molecule has 1 aliphatic heterocycles. The standard InChI is InChI=1S/C13H20N4O2/c1-3-11(18)15-10-9-14-16(2)12(10)13(19)17-7-5-4-6-8-17/h9H,3-8H2,1-2H3,(H,15,18). The zero-order valence-corrected chi connectivity index (χ0v) is 11.5. The Morgan fingerprint density at radius 1 is 1.32 bits per heavy atom. The maximum Gasteiger partial charge on any atom is 0.274 e. The number of aromatic nitrogens is 2. The Morgan fingerprint density at radius 3 is 2.63 bits per heavy atom. The summed E-state index contributed by atoms with van der Waals surface area (Å²) < 4.78 is 1.53. The number of nitrogens with one attached hydrogen (secondary N) is 1. The Balaban J connectivity index is 2.20. The van der Waals surface area contributed by atoms with Gasteiger partial charge in [0.2, 0.25) is 5.91 Å². The lowest BCUT2D eigenvalue weighted by Crippen LogP contribution is -2.37. The van der Waals surface area contributed by atoms with E-state index < -0.39 is 0 Å². The molecular formula is C13H20N4O2. The van der Waals surface area contributed by atoms with Crippen molar-refractivity contribution in [1.29, 1.82) is 0 Å². The third-order valence-corrected chi connectivity index (χ3v) is 3.38. The fourth-order valence-electron chi connectivity index (χ4n) is 2.27. The Bertz CT molecular complexity index is 475. The van der Waals surface area contributed by atoms with Gasteiger partial charge < -0.3 is 10.2 Å². The van der Waals surface area contributed by atoms with Gasteiger partial charge in [-0.25, -0.2) is 0 Å². The maximum atomic E-state index is 12.5. The maximum absolute atomic E-state index is 12.5. The van der Waals surface area contributed by atoms with Crippen LogP contribution in [0.15, 0.2) is 6.20 Å². The van der Waals surface area contributed by atoms with Gasteiger partial charge in [0.05, 0.1) is 11.9 Å². The van der Waals surface area contributed by atoms with Crippen molar-refractivity contribution >= 4 is 17.5 Å². The first kappa shape index (κ1) is 13.6. The number of piperidine rings is 1. The molecule has 0 spiro atoms. The molecule has 0 saturated carbocycles. The Morgan fingerprint density at radius 2 is 2.00 bits per heavy atom. The van der Waals surface area contributed by atoms with Gasteiger partial charge in [0.25, 0.3) is 5.91 Å². The molecule has 0 atom stereocenters. The van der Waals surface area contributed by atoms with E-state index in [-0.39, 0.29) is 11.8 Å². The molecule has 1 fully saturated rings. The molecule has 104 valence electrons. The number of carbonyl (C=O) groups excluding carboxylic acids is 2. The molecule has 2 heterocycles. The highest BCUT2D eigenvalue weighted by atomic mass is 16.2. The summed E-state index contributed by atoms with van der Waals surface area (Å²) in [5.41, 5.74) is 0.966. The van der Waals surface area contributed by atoms with E-state index in [1.54, 1.807) is 14.0 Å². The van der Waals surface area contributed by atoms with Gasteiger partial charge in [0.15, 0.2) is 0 Å². The summed E-state index contributed by atoms with van der Waals surface area (Å²) in [4.78, 5) is 25.8. The van der Waals surface area contributed by atoms with E-state index in [0.717, 1.165) is 25.9 Å². The molecule has 1 aromatic rings. The minimum Gasteiger partial charge on any atom is -0.337 e. The van der Waals surface area contributed by atoms with Gasteiger partial charge in [-0.15, -0.1) is 0 Å². The van der Waals surface area contributed by atoms with Crippen LogP contribution in [0.3, 0.4) is 0 Å². The number of hydrogen-bond acceptors (Lipinski definition) is 3. The van der Waals surface area contributed by atoms with Crippen LogP contribution in [-0.4, -0.2) is 39.6 Å². The van der Waals surface area contributed by atoms with Crippen LogP contribution >= 0.6 is 0 Å². The molecule has 2 rings (SSSR count). The largest absolute Gasteiger partial charge is 0.337 e. The van der Waals surface area contributed by atoms with Crippen molar-refractivity contribution in [3.63, 3.8) is 0 Å². The van der Waals surface area contributed by atoms with E-state index in [2.05, 4.69) is 10.4 Å². The molecule has 0 aromatic carbocycles. The van der Waals surface area contributed by atoms with Gasteiger partial charge in [-0.2, -0.15) is 5.10 Å². The van der Waals surface area contributed by atoms with Crippen LogP contribution in [0, 0.1) is 0 Å². The van der Waals surface area contributed by atoms with E-state index in [1.165, 1.54) is 17.3 Å². The third-order valence-electron chi connectivity index (χ3n) is 3.38. The molecule has 1 N–H and O–H groups in total. The van der Waals surface area contributed by atoms with Crippen LogP contribution < -0.4 is 5.32 Å². The minimum absolute atomic E-state index is 0.0499. The quantitative estimate of drug-likeness (QED) is 0.897. The highest BCUT2D eigenvalue weighted by Gasteiger charge is 2.24. The van der Waals surface area contributed by atoms with E-state index in [4.69, 9.17) is 0 Å². The number of aryl methyl sites for hydroxylation is 1. The number of nitrogens with zero attached hydrogens (tertiary/aromatic N) is 3. The number of likely N-dealkylation sites (tertiary alicyclic amines) is 1. The first-order chi connectivity index (χ1) is 9.13. The highest BCUT2D eigenvalue weighted by molar-refractivity contribution is 6.02. The van der Waals surface area contributed by atoms with Crippen molar-refractivity contribution in [2.75, 3.05) is 18.4 Å². The summed E-state index contributed by atoms with van der Waals surface area (Å²) in [6, 6.07) is 0. The predicted molar refractivity (Wildman–Crippen MR) is 71.9 cm³/mol. The van der Waals surface area contributed by atoms with Crippen molar-refractivity contribution in [3.05, 3.63) is 11.9 Å². The fourth-order valence-corrected chi connectivity index (χ4v) is 2.27. The van der Waals surface area contributed by atoms with Gasteiger partial charge in [-0.05, 0) is 19.3 Å². The summed E-state index contributed by atoms with van der Waals surface area (Å²) in [6.07, 6.45) is 5.17. The molecule has 0 unspecified atom stereocenters. The second kappa shape index (κ2) is 5.86. The predicted octanol–water partition coefficient (Wildman–Crippen LogP) is 1.39. The summed E-state index contributed by atoms with van der Waals surface area (Å²) in [7, 11) is 1.72. The number of anilines is 1. The summed E-state index contributed by atoms with van der Waals surface area (Å²) in [5.74, 6) is -0.160. The van der Waals surface area contributed by atoms with Crippen LogP contribution in [0.5, 0.6) is 0 Å².